The van der Waals surface area contributed by atoms with Crippen LogP contribution in [0.15, 0.2) is 17.5 Å². The summed E-state index contributed by atoms with van der Waals surface area (Å²) in [7, 11) is 0. The van der Waals surface area contributed by atoms with Crippen molar-refractivity contribution in [3.63, 3.8) is 0 Å². The van der Waals surface area contributed by atoms with Gasteiger partial charge >= 0.3 is 5.97 Å². The van der Waals surface area contributed by atoms with Crippen molar-refractivity contribution in [2.45, 2.75) is 57.7 Å². The third kappa shape index (κ3) is 9.85. The molecule has 0 aliphatic carbocycles. The van der Waals surface area contributed by atoms with Crippen LogP contribution >= 0.6 is 0 Å². The summed E-state index contributed by atoms with van der Waals surface area (Å²) in [4.78, 5) is 60.0. The Hall–Kier alpha value is -3.68. The van der Waals surface area contributed by atoms with Crippen LogP contribution in [0.2, 0.25) is 0 Å². The fourth-order valence-corrected chi connectivity index (χ4v) is 3.06. The summed E-state index contributed by atoms with van der Waals surface area (Å²) in [5.74, 6) is -3.46. The number of carbonyl (C=O) groups excluding carboxylic acids is 3. The van der Waals surface area contributed by atoms with E-state index >= 15 is 0 Å². The van der Waals surface area contributed by atoms with E-state index in [0.717, 1.165) is 0 Å². The molecule has 14 nitrogen and oxygen atoms in total. The van der Waals surface area contributed by atoms with Crippen molar-refractivity contribution in [3.8, 4) is 0 Å². The van der Waals surface area contributed by atoms with E-state index in [-0.39, 0.29) is 37.8 Å². The Morgan fingerprint density at radius 3 is 2.38 bits per heavy atom. The number of guanidine groups is 1. The molecule has 4 atom stereocenters. The second kappa shape index (κ2) is 14.5. The lowest BCUT2D eigenvalue weighted by Crippen LogP contribution is -2.58. The van der Waals surface area contributed by atoms with Crippen LogP contribution in [0, 0.1) is 5.92 Å². The summed E-state index contributed by atoms with van der Waals surface area (Å²) in [6, 6.07) is -3.25. The monoisotopic (exact) mass is 481 g/mol. The van der Waals surface area contributed by atoms with Gasteiger partial charge in [0.05, 0.1) is 12.9 Å². The third-order valence-corrected chi connectivity index (χ3v) is 5.17. The van der Waals surface area contributed by atoms with Crippen LogP contribution in [0.4, 0.5) is 0 Å². The number of hydrogen-bond acceptors (Lipinski definition) is 7. The van der Waals surface area contributed by atoms with Gasteiger partial charge in [-0.05, 0) is 18.8 Å². The van der Waals surface area contributed by atoms with Crippen molar-refractivity contribution < 1.29 is 24.3 Å². The summed E-state index contributed by atoms with van der Waals surface area (Å²) in [5.41, 5.74) is 16.5. The molecule has 0 saturated heterocycles. The molecule has 0 aliphatic heterocycles. The van der Waals surface area contributed by atoms with Gasteiger partial charge in [-0.1, -0.05) is 20.3 Å². The standard InChI is InChI=1S/C20H35N9O5/c1-3-11(2)16(18(32)28-13(19(33)34)5-4-6-25-20(22)23)29-17(31)14(27-15(30)8-21)7-12-9-24-10-26-12/h9-11,13-14,16H,3-8,21H2,1-2H3,(H,24,26)(H,27,30)(H,28,32)(H,29,31)(H,33,34)(H4,22,23,25). The molecule has 0 radical (unpaired) electrons. The van der Waals surface area contributed by atoms with Crippen LogP contribution < -0.4 is 33.2 Å². The number of nitrogens with one attached hydrogen (secondary N) is 4. The summed E-state index contributed by atoms with van der Waals surface area (Å²) in [5, 5.41) is 17.1. The maximum Gasteiger partial charge on any atom is 0.326 e. The van der Waals surface area contributed by atoms with Gasteiger partial charge in [-0.15, -0.1) is 0 Å². The first-order chi connectivity index (χ1) is 16.1. The van der Waals surface area contributed by atoms with Gasteiger partial charge in [0.1, 0.15) is 18.1 Å². The van der Waals surface area contributed by atoms with Gasteiger partial charge in [0.15, 0.2) is 5.96 Å². The Labute approximate surface area is 197 Å². The highest BCUT2D eigenvalue weighted by Crippen LogP contribution is 2.11. The van der Waals surface area contributed by atoms with Gasteiger partial charge in [0.2, 0.25) is 17.7 Å². The van der Waals surface area contributed by atoms with Crippen molar-refractivity contribution in [2.75, 3.05) is 13.1 Å². The average Bonchev–Trinajstić information content (AvgIpc) is 3.30. The number of rotatable bonds is 15. The van der Waals surface area contributed by atoms with Crippen LogP contribution in [0.25, 0.3) is 0 Å². The number of H-pyrrole nitrogens is 1. The van der Waals surface area contributed by atoms with Crippen LogP contribution in [-0.4, -0.2) is 75.9 Å². The SMILES string of the molecule is CCC(C)C(NC(=O)C(Cc1cnc[nH]1)NC(=O)CN)C(=O)NC(CCCN=C(N)N)C(=O)O. The van der Waals surface area contributed by atoms with Gasteiger partial charge in [-0.3, -0.25) is 19.4 Å². The number of aliphatic imine (C=N–C) groups is 1. The third-order valence-electron chi connectivity index (χ3n) is 5.17. The minimum Gasteiger partial charge on any atom is -0.480 e. The van der Waals surface area contributed by atoms with Crippen molar-refractivity contribution in [1.29, 1.82) is 0 Å². The molecule has 0 aromatic carbocycles. The molecule has 0 fully saturated rings. The number of aromatic amines is 1. The van der Waals surface area contributed by atoms with E-state index in [9.17, 15) is 24.3 Å². The lowest BCUT2D eigenvalue weighted by Gasteiger charge is -2.27. The number of nitrogens with zero attached hydrogens (tertiary/aromatic N) is 2. The zero-order valence-electron chi connectivity index (χ0n) is 19.4. The van der Waals surface area contributed by atoms with Crippen LogP contribution in [0.5, 0.6) is 0 Å². The summed E-state index contributed by atoms with van der Waals surface area (Å²) < 4.78 is 0. The van der Waals surface area contributed by atoms with Crippen molar-refractivity contribution in [3.05, 3.63) is 18.2 Å². The fourth-order valence-electron chi connectivity index (χ4n) is 3.06. The van der Waals surface area contributed by atoms with E-state index in [1.807, 2.05) is 6.92 Å². The summed E-state index contributed by atoms with van der Waals surface area (Å²) in [6.07, 6.45) is 3.98. The Balaban J connectivity index is 2.94. The van der Waals surface area contributed by atoms with Crippen molar-refractivity contribution in [2.24, 2.45) is 28.1 Å². The predicted octanol–water partition coefficient (Wildman–Crippen LogP) is -2.45. The Bertz CT molecular complexity index is 839. The van der Waals surface area contributed by atoms with Gasteiger partial charge in [-0.25, -0.2) is 9.78 Å². The Morgan fingerprint density at radius 1 is 1.15 bits per heavy atom. The highest BCUT2D eigenvalue weighted by Gasteiger charge is 2.32. The molecule has 0 aliphatic rings. The summed E-state index contributed by atoms with van der Waals surface area (Å²) >= 11 is 0. The topological polar surface area (TPSA) is 244 Å². The molecular weight excluding hydrogens is 446 g/mol. The van der Waals surface area contributed by atoms with E-state index < -0.39 is 41.8 Å². The molecular formula is C20H35N9O5. The minimum absolute atomic E-state index is 0.0913. The van der Waals surface area contributed by atoms with Crippen molar-refractivity contribution >= 4 is 29.7 Å². The maximum absolute atomic E-state index is 13.0. The van der Waals surface area contributed by atoms with Gasteiger partial charge in [0, 0.05) is 24.9 Å². The first-order valence-corrected chi connectivity index (χ1v) is 10.9. The molecule has 0 saturated carbocycles. The summed E-state index contributed by atoms with van der Waals surface area (Å²) in [6.45, 7) is 3.48. The van der Waals surface area contributed by atoms with E-state index in [4.69, 9.17) is 17.2 Å². The fraction of sp³-hybridized carbons (Fsp3) is 0.600. The predicted molar refractivity (Wildman–Crippen MR) is 124 cm³/mol. The van der Waals surface area contributed by atoms with Gasteiger partial charge in [-0.2, -0.15) is 0 Å². The normalized spacial score (nSPS) is 14.2. The Morgan fingerprint density at radius 2 is 1.85 bits per heavy atom. The molecule has 1 heterocycles. The molecule has 14 heteroatoms. The number of aliphatic carboxylic acids is 1. The highest BCUT2D eigenvalue weighted by atomic mass is 16.4. The second-order valence-electron chi connectivity index (χ2n) is 7.83. The molecule has 3 amide bonds. The number of carboxylic acids is 1. The van der Waals surface area contributed by atoms with E-state index in [2.05, 4.69) is 30.9 Å². The molecule has 190 valence electrons. The molecule has 0 bridgehead atoms. The van der Waals surface area contributed by atoms with E-state index in [0.29, 0.717) is 18.5 Å². The molecule has 11 N–H and O–H groups in total. The van der Waals surface area contributed by atoms with Crippen LogP contribution in [0.1, 0.15) is 38.8 Å². The minimum atomic E-state index is -1.22. The quantitative estimate of drug-likeness (QED) is 0.0751. The molecule has 1 aromatic rings. The molecule has 0 spiro atoms. The number of nitrogens with two attached hydrogens (primary N) is 3. The molecule has 4 unspecified atom stereocenters. The highest BCUT2D eigenvalue weighted by molar-refractivity contribution is 5.93. The first kappa shape index (κ1) is 28.4. The number of hydrogen-bond donors (Lipinski definition) is 8. The van der Waals surface area contributed by atoms with E-state index in [1.165, 1.54) is 12.5 Å². The van der Waals surface area contributed by atoms with Crippen LogP contribution in [-0.2, 0) is 25.6 Å². The zero-order valence-corrected chi connectivity index (χ0v) is 19.4. The number of carbonyl (C=O) groups is 4. The molecule has 1 aromatic heterocycles. The maximum atomic E-state index is 13.0. The van der Waals surface area contributed by atoms with Gasteiger partial charge < -0.3 is 43.2 Å². The smallest absolute Gasteiger partial charge is 0.326 e. The largest absolute Gasteiger partial charge is 0.480 e. The second-order valence-corrected chi connectivity index (χ2v) is 7.83. The number of aromatic nitrogens is 2. The Kier molecular flexibility index (Phi) is 12.1. The number of carboxylic acid groups (broad SMARTS) is 1. The zero-order chi connectivity index (χ0) is 25.7. The first-order valence-electron chi connectivity index (χ1n) is 10.9. The van der Waals surface area contributed by atoms with Gasteiger partial charge in [0.25, 0.3) is 0 Å². The molecule has 1 rings (SSSR count). The van der Waals surface area contributed by atoms with Crippen LogP contribution in [0.3, 0.4) is 0 Å². The number of amides is 3. The lowest BCUT2D eigenvalue weighted by molar-refractivity contribution is -0.142. The number of imidazole rings is 1. The molecule has 34 heavy (non-hydrogen) atoms. The van der Waals surface area contributed by atoms with Crippen molar-refractivity contribution in [1.82, 2.24) is 25.9 Å². The lowest BCUT2D eigenvalue weighted by atomic mass is 9.97. The average molecular weight is 482 g/mol. The van der Waals surface area contributed by atoms with E-state index in [1.54, 1.807) is 6.92 Å².